The minimum atomic E-state index is -0.375. The van der Waals surface area contributed by atoms with Gasteiger partial charge >= 0.3 is 0 Å². The van der Waals surface area contributed by atoms with Gasteiger partial charge in [-0.1, -0.05) is 25.5 Å². The fourth-order valence-corrected chi connectivity index (χ4v) is 2.57. The molecule has 0 aliphatic carbocycles. The molecule has 0 spiro atoms. The number of unbranched alkanes of at least 4 members (excludes halogenated alkanes) is 1. The van der Waals surface area contributed by atoms with Crippen LogP contribution in [0.2, 0.25) is 0 Å². The highest BCUT2D eigenvalue weighted by molar-refractivity contribution is 7.97. The van der Waals surface area contributed by atoms with E-state index >= 15 is 0 Å². The molecule has 0 aliphatic rings. The van der Waals surface area contributed by atoms with E-state index in [0.717, 1.165) is 19.3 Å². The van der Waals surface area contributed by atoms with Crippen LogP contribution in [-0.4, -0.2) is 22.1 Å². The third-order valence-electron chi connectivity index (χ3n) is 3.34. The van der Waals surface area contributed by atoms with E-state index in [1.165, 1.54) is 23.4 Å². The molecule has 6 heteroatoms. The van der Waals surface area contributed by atoms with Gasteiger partial charge in [-0.25, -0.2) is 4.98 Å². The molecule has 0 saturated carbocycles. The second-order valence-electron chi connectivity index (χ2n) is 5.26. The number of amides is 1. The van der Waals surface area contributed by atoms with Gasteiger partial charge in [-0.05, 0) is 36.8 Å². The van der Waals surface area contributed by atoms with E-state index in [-0.39, 0.29) is 17.2 Å². The van der Waals surface area contributed by atoms with E-state index in [1.807, 2.05) is 30.5 Å². The molecule has 0 aliphatic heterocycles. The van der Waals surface area contributed by atoms with Crippen LogP contribution in [0, 0.1) is 0 Å². The highest BCUT2D eigenvalue weighted by Crippen LogP contribution is 2.13. The van der Waals surface area contributed by atoms with Gasteiger partial charge in [0.15, 0.2) is 0 Å². The zero-order valence-corrected chi connectivity index (χ0v) is 14.2. The lowest BCUT2D eigenvalue weighted by atomic mass is 10.1. The summed E-state index contributed by atoms with van der Waals surface area (Å²) < 4.78 is 0. The van der Waals surface area contributed by atoms with Crippen molar-refractivity contribution in [3.05, 3.63) is 57.8 Å². The van der Waals surface area contributed by atoms with Gasteiger partial charge in [-0.3, -0.25) is 9.59 Å². The molecule has 1 aromatic carbocycles. The van der Waals surface area contributed by atoms with Crippen LogP contribution in [0.15, 0.2) is 35.1 Å². The highest BCUT2D eigenvalue weighted by atomic mass is 32.2. The maximum Gasteiger partial charge on any atom is 0.274 e. The number of nitrogens with zero attached hydrogens (tertiary/aromatic N) is 1. The van der Waals surface area contributed by atoms with Crippen LogP contribution < -0.4 is 10.9 Å². The Kier molecular flexibility index (Phi) is 6.40. The lowest BCUT2D eigenvalue weighted by Gasteiger charge is -2.07. The summed E-state index contributed by atoms with van der Waals surface area (Å²) in [5.74, 6) is 0.687. The minimum absolute atomic E-state index is 0.132. The second-order valence-corrected chi connectivity index (χ2v) is 6.13. The summed E-state index contributed by atoms with van der Waals surface area (Å²) >= 11 is 1.53. The SMILES string of the molecule is CCCCc1ccc(NC(=O)c2cc(=O)[nH]c(CSC)n2)cc1. The monoisotopic (exact) mass is 331 g/mol. The van der Waals surface area contributed by atoms with Crippen LogP contribution in [-0.2, 0) is 12.2 Å². The molecule has 2 rings (SSSR count). The van der Waals surface area contributed by atoms with Crippen LogP contribution in [0.25, 0.3) is 0 Å². The number of carbonyl (C=O) groups excluding carboxylic acids is 1. The summed E-state index contributed by atoms with van der Waals surface area (Å²) in [6, 6.07) is 8.98. The number of rotatable bonds is 7. The number of hydrogen-bond donors (Lipinski definition) is 2. The first-order chi connectivity index (χ1) is 11.1. The molecular weight excluding hydrogens is 310 g/mol. The molecule has 2 aromatic rings. The maximum absolute atomic E-state index is 12.2. The molecule has 122 valence electrons. The first kappa shape index (κ1) is 17.3. The predicted molar refractivity (Wildman–Crippen MR) is 95.1 cm³/mol. The van der Waals surface area contributed by atoms with Crippen LogP contribution in [0.3, 0.4) is 0 Å². The Bertz CT molecular complexity index is 711. The quantitative estimate of drug-likeness (QED) is 0.817. The average molecular weight is 331 g/mol. The van der Waals surface area contributed by atoms with Gasteiger partial charge < -0.3 is 10.3 Å². The van der Waals surface area contributed by atoms with Crippen LogP contribution in [0.5, 0.6) is 0 Å². The summed E-state index contributed by atoms with van der Waals surface area (Å²) in [5, 5.41) is 2.78. The Labute approximate surface area is 139 Å². The second kappa shape index (κ2) is 8.53. The zero-order chi connectivity index (χ0) is 16.7. The van der Waals surface area contributed by atoms with E-state index < -0.39 is 0 Å². The fraction of sp³-hybridized carbons (Fsp3) is 0.353. The van der Waals surface area contributed by atoms with Crippen molar-refractivity contribution in [2.24, 2.45) is 0 Å². The van der Waals surface area contributed by atoms with Crippen molar-refractivity contribution in [3.63, 3.8) is 0 Å². The highest BCUT2D eigenvalue weighted by Gasteiger charge is 2.10. The predicted octanol–water partition coefficient (Wildman–Crippen LogP) is 3.23. The van der Waals surface area contributed by atoms with Crippen molar-refractivity contribution in [3.8, 4) is 0 Å². The number of H-pyrrole nitrogens is 1. The number of benzene rings is 1. The lowest BCUT2D eigenvalue weighted by molar-refractivity contribution is 0.102. The Balaban J connectivity index is 2.08. The summed E-state index contributed by atoms with van der Waals surface area (Å²) in [5.41, 5.74) is 1.77. The van der Waals surface area contributed by atoms with E-state index in [9.17, 15) is 9.59 Å². The number of nitrogens with one attached hydrogen (secondary N) is 2. The smallest absolute Gasteiger partial charge is 0.274 e. The van der Waals surface area contributed by atoms with Crippen molar-refractivity contribution in [1.29, 1.82) is 0 Å². The topological polar surface area (TPSA) is 74.8 Å². The number of hydrogen-bond acceptors (Lipinski definition) is 4. The third-order valence-corrected chi connectivity index (χ3v) is 3.90. The Morgan fingerprint density at radius 3 is 2.70 bits per heavy atom. The van der Waals surface area contributed by atoms with Crippen LogP contribution >= 0.6 is 11.8 Å². The molecule has 0 bridgehead atoms. The lowest BCUT2D eigenvalue weighted by Crippen LogP contribution is -2.20. The van der Waals surface area contributed by atoms with E-state index in [1.54, 1.807) is 0 Å². The van der Waals surface area contributed by atoms with E-state index in [2.05, 4.69) is 22.2 Å². The van der Waals surface area contributed by atoms with Gasteiger partial charge in [0, 0.05) is 11.8 Å². The molecule has 0 saturated heterocycles. The largest absolute Gasteiger partial charge is 0.321 e. The summed E-state index contributed by atoms with van der Waals surface area (Å²) in [4.78, 5) is 30.7. The Hall–Kier alpha value is -2.08. The van der Waals surface area contributed by atoms with Crippen molar-refractivity contribution in [2.45, 2.75) is 31.9 Å². The molecule has 0 fully saturated rings. The van der Waals surface area contributed by atoms with Gasteiger partial charge in [-0.15, -0.1) is 0 Å². The molecule has 0 unspecified atom stereocenters. The van der Waals surface area contributed by atoms with Crippen molar-refractivity contribution >= 4 is 23.4 Å². The molecule has 0 radical (unpaired) electrons. The first-order valence-electron chi connectivity index (χ1n) is 7.62. The Morgan fingerprint density at radius 2 is 2.04 bits per heavy atom. The standard InChI is InChI=1S/C17H21N3O2S/c1-3-4-5-12-6-8-13(9-7-12)18-17(22)14-10-16(21)20-15(19-14)11-23-2/h6-10H,3-5,11H2,1-2H3,(H,18,22)(H,19,20,21). The third kappa shape index (κ3) is 5.25. The summed E-state index contributed by atoms with van der Waals surface area (Å²) in [6.45, 7) is 2.16. The molecule has 5 nitrogen and oxygen atoms in total. The van der Waals surface area contributed by atoms with Crippen molar-refractivity contribution < 1.29 is 4.79 Å². The molecule has 1 amide bonds. The van der Waals surface area contributed by atoms with Crippen molar-refractivity contribution in [1.82, 2.24) is 9.97 Å². The average Bonchev–Trinajstić information content (AvgIpc) is 2.54. The van der Waals surface area contributed by atoms with E-state index in [4.69, 9.17) is 0 Å². The fourth-order valence-electron chi connectivity index (χ4n) is 2.16. The first-order valence-corrected chi connectivity index (χ1v) is 9.01. The van der Waals surface area contributed by atoms with Gasteiger partial charge in [0.2, 0.25) is 0 Å². The van der Waals surface area contributed by atoms with E-state index in [0.29, 0.717) is 17.3 Å². The summed E-state index contributed by atoms with van der Waals surface area (Å²) in [7, 11) is 0. The number of aromatic nitrogens is 2. The number of aromatic amines is 1. The molecule has 0 atom stereocenters. The number of aryl methyl sites for hydroxylation is 1. The number of carbonyl (C=O) groups is 1. The molecule has 2 N–H and O–H groups in total. The number of anilines is 1. The molecule has 23 heavy (non-hydrogen) atoms. The molecule has 1 heterocycles. The van der Waals surface area contributed by atoms with Gasteiger partial charge in [0.1, 0.15) is 11.5 Å². The summed E-state index contributed by atoms with van der Waals surface area (Å²) in [6.07, 6.45) is 5.26. The van der Waals surface area contributed by atoms with Crippen LogP contribution in [0.4, 0.5) is 5.69 Å². The number of thioether (sulfide) groups is 1. The maximum atomic E-state index is 12.2. The van der Waals surface area contributed by atoms with Gasteiger partial charge in [0.05, 0.1) is 5.75 Å². The van der Waals surface area contributed by atoms with Gasteiger partial charge in [0.25, 0.3) is 11.5 Å². The van der Waals surface area contributed by atoms with Crippen molar-refractivity contribution in [2.75, 3.05) is 11.6 Å². The molecular formula is C17H21N3O2S. The Morgan fingerprint density at radius 1 is 1.30 bits per heavy atom. The molecule has 1 aromatic heterocycles. The zero-order valence-electron chi connectivity index (χ0n) is 13.4. The van der Waals surface area contributed by atoms with Gasteiger partial charge in [-0.2, -0.15) is 11.8 Å². The normalized spacial score (nSPS) is 10.5. The van der Waals surface area contributed by atoms with Crippen LogP contribution in [0.1, 0.15) is 41.6 Å². The minimum Gasteiger partial charge on any atom is -0.321 e.